The fraction of sp³-hybridized carbons (Fsp3) is 0.120. The number of allylic oxidation sites excluding steroid dienone is 2. The number of H-pyrrole nitrogens is 1. The standard InChI is InChI=1S/C25H25ClN8/c1-15(9-10-20(28-2)29-3)13-30-25-24(27)32-22(16-7-5-4-6-8-16)23(33-25)17-11-18-14-31-34-21(18)19(26)12-17/h4-12,14,29H,2,13H2,1,3H3,(H2,27,32)(H,30,33)(H,31,34)/b15-9+,20-10+. The molecule has 0 atom stereocenters. The Morgan fingerprint density at radius 1 is 1.15 bits per heavy atom. The molecule has 5 N–H and O–H groups in total. The van der Waals surface area contributed by atoms with E-state index < -0.39 is 0 Å². The summed E-state index contributed by atoms with van der Waals surface area (Å²) in [5.74, 6) is 1.48. The van der Waals surface area contributed by atoms with Crippen molar-refractivity contribution in [2.45, 2.75) is 6.92 Å². The van der Waals surface area contributed by atoms with Crippen molar-refractivity contribution in [3.8, 4) is 22.5 Å². The first-order valence-electron chi connectivity index (χ1n) is 10.6. The van der Waals surface area contributed by atoms with Gasteiger partial charge in [-0.3, -0.25) is 5.10 Å². The third-order valence-corrected chi connectivity index (χ3v) is 5.53. The normalized spacial score (nSPS) is 12.1. The third kappa shape index (κ3) is 4.92. The van der Waals surface area contributed by atoms with Gasteiger partial charge in [0.1, 0.15) is 5.82 Å². The Hall–Kier alpha value is -4.17. The van der Waals surface area contributed by atoms with Gasteiger partial charge in [-0.2, -0.15) is 5.10 Å². The van der Waals surface area contributed by atoms with E-state index in [1.165, 1.54) is 0 Å². The quantitative estimate of drug-likeness (QED) is 0.211. The molecule has 0 unspecified atom stereocenters. The van der Waals surface area contributed by atoms with Crippen molar-refractivity contribution >= 4 is 40.9 Å². The number of halogens is 1. The number of nitrogens with two attached hydrogens (primary N) is 1. The smallest absolute Gasteiger partial charge is 0.169 e. The van der Waals surface area contributed by atoms with E-state index in [1.54, 1.807) is 13.2 Å². The summed E-state index contributed by atoms with van der Waals surface area (Å²) < 4.78 is 0. The van der Waals surface area contributed by atoms with Gasteiger partial charge < -0.3 is 16.4 Å². The van der Waals surface area contributed by atoms with Crippen LogP contribution in [0.4, 0.5) is 11.6 Å². The molecule has 0 saturated carbocycles. The first-order chi connectivity index (χ1) is 16.5. The topological polar surface area (TPSA) is 117 Å². The molecule has 4 rings (SSSR count). The molecule has 0 spiro atoms. The van der Waals surface area contributed by atoms with Gasteiger partial charge in [-0.1, -0.05) is 53.6 Å². The van der Waals surface area contributed by atoms with Crippen LogP contribution in [0.15, 0.2) is 77.2 Å². The summed E-state index contributed by atoms with van der Waals surface area (Å²) in [6.07, 6.45) is 5.53. The van der Waals surface area contributed by atoms with Gasteiger partial charge in [-0.05, 0) is 31.9 Å². The SMILES string of the molecule is C=N/C(=C\C=C(/C)CNc1nc(-c2cc(Cl)c3[nH]ncc3c2)c(-c2ccccc2)nc1N)NC. The second-order valence-electron chi connectivity index (χ2n) is 7.64. The highest BCUT2D eigenvalue weighted by molar-refractivity contribution is 6.35. The molecule has 0 radical (unpaired) electrons. The number of nitrogens with zero attached hydrogens (tertiary/aromatic N) is 4. The molecule has 8 nitrogen and oxygen atoms in total. The molecule has 0 amide bonds. The van der Waals surface area contributed by atoms with Crippen molar-refractivity contribution in [2.24, 2.45) is 4.99 Å². The number of aromatic nitrogens is 4. The van der Waals surface area contributed by atoms with E-state index in [2.05, 4.69) is 32.5 Å². The zero-order valence-corrected chi connectivity index (χ0v) is 19.7. The number of benzene rings is 2. The molecular formula is C25H25ClN8. The maximum Gasteiger partial charge on any atom is 0.169 e. The number of aliphatic imine (C=N–C) groups is 1. The molecule has 0 bridgehead atoms. The van der Waals surface area contributed by atoms with E-state index >= 15 is 0 Å². The first-order valence-corrected chi connectivity index (χ1v) is 11.0. The van der Waals surface area contributed by atoms with E-state index in [0.29, 0.717) is 40.4 Å². The number of fused-ring (bicyclic) bond motifs is 1. The zero-order valence-electron chi connectivity index (χ0n) is 18.9. The fourth-order valence-electron chi connectivity index (χ4n) is 3.45. The molecule has 2 aromatic heterocycles. The lowest BCUT2D eigenvalue weighted by atomic mass is 10.0. The number of rotatable bonds is 8. The average molecular weight is 473 g/mol. The molecule has 4 aromatic rings. The number of anilines is 2. The lowest BCUT2D eigenvalue weighted by molar-refractivity contribution is 0.969. The minimum atomic E-state index is 0.310. The summed E-state index contributed by atoms with van der Waals surface area (Å²) in [5.41, 5.74) is 11.2. The molecule has 0 saturated heterocycles. The summed E-state index contributed by atoms with van der Waals surface area (Å²) in [6, 6.07) is 13.7. The highest BCUT2D eigenvalue weighted by Gasteiger charge is 2.17. The van der Waals surface area contributed by atoms with Crippen LogP contribution >= 0.6 is 11.6 Å². The summed E-state index contributed by atoms with van der Waals surface area (Å²) in [7, 11) is 1.79. The lowest BCUT2D eigenvalue weighted by Gasteiger charge is -2.15. The number of aromatic amines is 1. The second kappa shape index (κ2) is 10.2. The van der Waals surface area contributed by atoms with Crippen molar-refractivity contribution < 1.29 is 0 Å². The third-order valence-electron chi connectivity index (χ3n) is 5.23. The summed E-state index contributed by atoms with van der Waals surface area (Å²) in [6.45, 7) is 6.05. The van der Waals surface area contributed by atoms with Gasteiger partial charge in [0.05, 0.1) is 28.1 Å². The summed E-state index contributed by atoms with van der Waals surface area (Å²) in [4.78, 5) is 13.5. The highest BCUT2D eigenvalue weighted by atomic mass is 35.5. The van der Waals surface area contributed by atoms with Crippen LogP contribution in [0.5, 0.6) is 0 Å². The van der Waals surface area contributed by atoms with E-state index in [-0.39, 0.29) is 0 Å². The zero-order chi connectivity index (χ0) is 24.1. The van der Waals surface area contributed by atoms with Crippen LogP contribution in [0.25, 0.3) is 33.4 Å². The van der Waals surface area contributed by atoms with Crippen LogP contribution in [0.3, 0.4) is 0 Å². The Bertz CT molecular complexity index is 1390. The van der Waals surface area contributed by atoms with Gasteiger partial charge in [0.2, 0.25) is 0 Å². The molecule has 0 aliphatic heterocycles. The number of nitrogen functional groups attached to an aromatic ring is 1. The fourth-order valence-corrected chi connectivity index (χ4v) is 3.72. The van der Waals surface area contributed by atoms with E-state index in [0.717, 1.165) is 27.6 Å². The largest absolute Gasteiger partial charge is 0.381 e. The van der Waals surface area contributed by atoms with Gasteiger partial charge in [0.25, 0.3) is 0 Å². The van der Waals surface area contributed by atoms with Crippen molar-refractivity contribution in [3.05, 3.63) is 77.2 Å². The number of nitrogens with one attached hydrogen (secondary N) is 3. The van der Waals surface area contributed by atoms with Crippen LogP contribution < -0.4 is 16.4 Å². The van der Waals surface area contributed by atoms with E-state index in [9.17, 15) is 0 Å². The summed E-state index contributed by atoms with van der Waals surface area (Å²) >= 11 is 6.52. The molecule has 9 heteroatoms. The van der Waals surface area contributed by atoms with Crippen LogP contribution in [0, 0.1) is 0 Å². The Morgan fingerprint density at radius 2 is 1.91 bits per heavy atom. The second-order valence-corrected chi connectivity index (χ2v) is 8.05. The Balaban J connectivity index is 1.75. The lowest BCUT2D eigenvalue weighted by Crippen LogP contribution is -2.10. The van der Waals surface area contributed by atoms with Crippen LogP contribution in [0.1, 0.15) is 6.92 Å². The molecule has 2 heterocycles. The van der Waals surface area contributed by atoms with Crippen LogP contribution in [-0.2, 0) is 0 Å². The average Bonchev–Trinajstić information content (AvgIpc) is 3.34. The van der Waals surface area contributed by atoms with Gasteiger partial charge in [-0.25, -0.2) is 15.0 Å². The minimum Gasteiger partial charge on any atom is -0.381 e. The monoisotopic (exact) mass is 472 g/mol. The van der Waals surface area contributed by atoms with Gasteiger partial charge in [0.15, 0.2) is 11.6 Å². The van der Waals surface area contributed by atoms with Gasteiger partial charge in [-0.15, -0.1) is 0 Å². The number of hydrogen-bond donors (Lipinski definition) is 4. The molecule has 172 valence electrons. The Kier molecular flexibility index (Phi) is 6.89. The minimum absolute atomic E-state index is 0.310. The number of hydrogen-bond acceptors (Lipinski definition) is 7. The molecule has 0 aliphatic carbocycles. The predicted molar refractivity (Wildman–Crippen MR) is 141 cm³/mol. The summed E-state index contributed by atoms with van der Waals surface area (Å²) in [5, 5.41) is 14.7. The maximum atomic E-state index is 6.52. The van der Waals surface area contributed by atoms with Crippen LogP contribution in [-0.4, -0.2) is 40.5 Å². The van der Waals surface area contributed by atoms with Crippen molar-refractivity contribution in [1.29, 1.82) is 0 Å². The molecular weight excluding hydrogens is 448 g/mol. The van der Waals surface area contributed by atoms with E-state index in [1.807, 2.05) is 61.5 Å². The molecule has 0 fully saturated rings. The maximum absolute atomic E-state index is 6.52. The molecule has 2 aromatic carbocycles. The Morgan fingerprint density at radius 3 is 2.65 bits per heavy atom. The van der Waals surface area contributed by atoms with E-state index in [4.69, 9.17) is 27.3 Å². The van der Waals surface area contributed by atoms with Crippen molar-refractivity contribution in [2.75, 3.05) is 24.6 Å². The van der Waals surface area contributed by atoms with Gasteiger partial charge in [0, 0.05) is 30.1 Å². The molecule has 34 heavy (non-hydrogen) atoms. The van der Waals surface area contributed by atoms with Crippen molar-refractivity contribution in [3.63, 3.8) is 0 Å². The molecule has 0 aliphatic rings. The highest BCUT2D eigenvalue weighted by Crippen LogP contribution is 2.35. The van der Waals surface area contributed by atoms with Gasteiger partial charge >= 0.3 is 0 Å². The van der Waals surface area contributed by atoms with Crippen LogP contribution in [0.2, 0.25) is 5.02 Å². The first kappa shape index (κ1) is 23.0. The van der Waals surface area contributed by atoms with Crippen molar-refractivity contribution in [1.82, 2.24) is 25.5 Å². The Labute approximate surface area is 202 Å². The predicted octanol–water partition coefficient (Wildman–Crippen LogP) is 5.04.